The Balaban J connectivity index is 2.19. The normalized spacial score (nSPS) is 11.5. The Hall–Kier alpha value is -1.63. The Kier molecular flexibility index (Phi) is 4.27. The maximum atomic E-state index is 12.1. The molecule has 0 radical (unpaired) electrons. The van der Waals surface area contributed by atoms with Crippen LogP contribution in [0.3, 0.4) is 0 Å². The quantitative estimate of drug-likeness (QED) is 0.903. The standard InChI is InChI=1S/C13H13ClN2O3S/c1-9-3-2-4-10(5-9)7-16-20(18,19)11-6-12(14)13(17)15-8-11/h2-6,8,16H,7H2,1H3,(H,15,17). The third-order valence-corrected chi connectivity index (χ3v) is 4.35. The van der Waals surface area contributed by atoms with Crippen LogP contribution in [0.5, 0.6) is 0 Å². The zero-order valence-corrected chi connectivity index (χ0v) is 12.3. The van der Waals surface area contributed by atoms with Crippen molar-refractivity contribution in [2.24, 2.45) is 0 Å². The summed E-state index contributed by atoms with van der Waals surface area (Å²) in [5.41, 5.74) is 1.38. The van der Waals surface area contributed by atoms with Gasteiger partial charge >= 0.3 is 0 Å². The van der Waals surface area contributed by atoms with Gasteiger partial charge in [0.2, 0.25) is 10.0 Å². The van der Waals surface area contributed by atoms with Crippen molar-refractivity contribution in [3.05, 3.63) is 63.0 Å². The van der Waals surface area contributed by atoms with E-state index in [2.05, 4.69) is 9.71 Å². The molecule has 1 aromatic carbocycles. The highest BCUT2D eigenvalue weighted by Gasteiger charge is 2.15. The molecule has 2 N–H and O–H groups in total. The predicted molar refractivity (Wildman–Crippen MR) is 77.3 cm³/mol. The lowest BCUT2D eigenvalue weighted by Crippen LogP contribution is -2.24. The Labute approximate surface area is 121 Å². The van der Waals surface area contributed by atoms with Crippen molar-refractivity contribution in [3.8, 4) is 0 Å². The first kappa shape index (κ1) is 14.8. The second kappa shape index (κ2) is 5.78. The van der Waals surface area contributed by atoms with E-state index in [4.69, 9.17) is 11.6 Å². The number of rotatable bonds is 4. The first-order valence-electron chi connectivity index (χ1n) is 5.82. The van der Waals surface area contributed by atoms with Crippen molar-refractivity contribution in [1.82, 2.24) is 9.71 Å². The number of hydrogen-bond acceptors (Lipinski definition) is 3. The summed E-state index contributed by atoms with van der Waals surface area (Å²) in [5.74, 6) is 0. The lowest BCUT2D eigenvalue weighted by molar-refractivity contribution is 0.581. The fourth-order valence-corrected chi connectivity index (χ4v) is 2.92. The van der Waals surface area contributed by atoms with Crippen LogP contribution in [-0.4, -0.2) is 13.4 Å². The zero-order valence-electron chi connectivity index (χ0n) is 10.7. The summed E-state index contributed by atoms with van der Waals surface area (Å²) in [6.45, 7) is 2.10. The van der Waals surface area contributed by atoms with Gasteiger partial charge in [0.25, 0.3) is 5.56 Å². The smallest absolute Gasteiger partial charge is 0.266 e. The van der Waals surface area contributed by atoms with E-state index in [-0.39, 0.29) is 16.5 Å². The van der Waals surface area contributed by atoms with Gasteiger partial charge in [-0.2, -0.15) is 0 Å². The van der Waals surface area contributed by atoms with Crippen LogP contribution in [0.1, 0.15) is 11.1 Å². The number of pyridine rings is 1. The van der Waals surface area contributed by atoms with Crippen LogP contribution < -0.4 is 10.3 Å². The van der Waals surface area contributed by atoms with E-state index < -0.39 is 15.6 Å². The second-order valence-electron chi connectivity index (χ2n) is 4.33. The van der Waals surface area contributed by atoms with Crippen molar-refractivity contribution >= 4 is 21.6 Å². The molecule has 0 bridgehead atoms. The average Bonchev–Trinajstić information content (AvgIpc) is 2.40. The molecule has 1 heterocycles. The highest BCUT2D eigenvalue weighted by molar-refractivity contribution is 7.89. The molecule has 0 saturated heterocycles. The van der Waals surface area contributed by atoms with E-state index in [1.807, 2.05) is 31.2 Å². The summed E-state index contributed by atoms with van der Waals surface area (Å²) in [5, 5.41) is -0.163. The van der Waals surface area contributed by atoms with Crippen LogP contribution >= 0.6 is 11.6 Å². The minimum Gasteiger partial charge on any atom is -0.326 e. The average molecular weight is 313 g/mol. The third-order valence-electron chi connectivity index (χ3n) is 2.69. The van der Waals surface area contributed by atoms with Crippen molar-refractivity contribution in [3.63, 3.8) is 0 Å². The maximum absolute atomic E-state index is 12.1. The van der Waals surface area contributed by atoms with Crippen molar-refractivity contribution in [2.75, 3.05) is 0 Å². The number of benzene rings is 1. The lowest BCUT2D eigenvalue weighted by Gasteiger charge is -2.07. The van der Waals surface area contributed by atoms with Crippen molar-refractivity contribution < 1.29 is 8.42 Å². The molecular formula is C13H13ClN2O3S. The minimum absolute atomic E-state index is 0.0743. The first-order chi connectivity index (χ1) is 9.38. The highest BCUT2D eigenvalue weighted by atomic mass is 35.5. The second-order valence-corrected chi connectivity index (χ2v) is 6.50. The third kappa shape index (κ3) is 3.47. The molecule has 0 amide bonds. The molecule has 5 nitrogen and oxygen atoms in total. The van der Waals surface area contributed by atoms with Crippen LogP contribution in [0.2, 0.25) is 5.02 Å². The van der Waals surface area contributed by atoms with Gasteiger partial charge in [-0.25, -0.2) is 13.1 Å². The monoisotopic (exact) mass is 312 g/mol. The summed E-state index contributed by atoms with van der Waals surface area (Å²) in [7, 11) is -3.72. The van der Waals surface area contributed by atoms with Gasteiger partial charge in [-0.05, 0) is 18.6 Å². The van der Waals surface area contributed by atoms with Crippen molar-refractivity contribution in [1.29, 1.82) is 0 Å². The Bertz CT molecular complexity index is 784. The molecular weight excluding hydrogens is 300 g/mol. The van der Waals surface area contributed by atoms with E-state index in [9.17, 15) is 13.2 Å². The van der Waals surface area contributed by atoms with Gasteiger partial charge in [0, 0.05) is 12.7 Å². The number of aryl methyl sites for hydroxylation is 1. The van der Waals surface area contributed by atoms with Gasteiger partial charge in [0.15, 0.2) is 0 Å². The molecule has 7 heteroatoms. The molecule has 0 aliphatic carbocycles. The summed E-state index contributed by atoms with van der Waals surface area (Å²) in [6, 6.07) is 8.63. The minimum atomic E-state index is -3.72. The van der Waals surface area contributed by atoms with Gasteiger partial charge in [0.05, 0.1) is 4.90 Å². The molecule has 0 aliphatic rings. The molecule has 0 spiro atoms. The van der Waals surface area contributed by atoms with Gasteiger partial charge in [0.1, 0.15) is 5.02 Å². The van der Waals surface area contributed by atoms with Crippen LogP contribution in [0.25, 0.3) is 0 Å². The lowest BCUT2D eigenvalue weighted by atomic mass is 10.1. The van der Waals surface area contributed by atoms with E-state index in [1.165, 1.54) is 0 Å². The van der Waals surface area contributed by atoms with Crippen molar-refractivity contribution in [2.45, 2.75) is 18.4 Å². The molecule has 20 heavy (non-hydrogen) atoms. The van der Waals surface area contributed by atoms with E-state index in [0.29, 0.717) is 0 Å². The van der Waals surface area contributed by atoms with Gasteiger partial charge in [-0.15, -0.1) is 0 Å². The number of H-pyrrole nitrogens is 1. The topological polar surface area (TPSA) is 79.0 Å². The summed E-state index contributed by atoms with van der Waals surface area (Å²) in [4.78, 5) is 13.3. The first-order valence-corrected chi connectivity index (χ1v) is 7.68. The van der Waals surface area contributed by atoms with E-state index in [0.717, 1.165) is 23.4 Å². The largest absolute Gasteiger partial charge is 0.326 e. The number of hydrogen-bond donors (Lipinski definition) is 2. The molecule has 0 atom stereocenters. The fourth-order valence-electron chi connectivity index (χ4n) is 1.68. The number of aromatic nitrogens is 1. The molecule has 1 aromatic heterocycles. The number of nitrogens with one attached hydrogen (secondary N) is 2. The number of sulfonamides is 1. The van der Waals surface area contributed by atoms with Crippen LogP contribution in [0.4, 0.5) is 0 Å². The van der Waals surface area contributed by atoms with Gasteiger partial charge in [-0.3, -0.25) is 4.79 Å². The highest BCUT2D eigenvalue weighted by Crippen LogP contribution is 2.11. The molecule has 0 aliphatic heterocycles. The zero-order chi connectivity index (χ0) is 14.8. The molecule has 2 aromatic rings. The number of aromatic amines is 1. The SMILES string of the molecule is Cc1cccc(CNS(=O)(=O)c2c[nH]c(=O)c(Cl)c2)c1. The van der Waals surface area contributed by atoms with Gasteiger partial charge in [-0.1, -0.05) is 41.4 Å². The predicted octanol–water partition coefficient (Wildman–Crippen LogP) is 1.82. The Morgan fingerprint density at radius 3 is 2.70 bits per heavy atom. The summed E-state index contributed by atoms with van der Waals surface area (Å²) < 4.78 is 26.6. The maximum Gasteiger partial charge on any atom is 0.266 e. The Morgan fingerprint density at radius 2 is 2.05 bits per heavy atom. The summed E-state index contributed by atoms with van der Waals surface area (Å²) in [6.07, 6.45) is 1.12. The van der Waals surface area contributed by atoms with Crippen LogP contribution in [0, 0.1) is 6.92 Å². The molecule has 2 rings (SSSR count). The van der Waals surface area contributed by atoms with Crippen LogP contribution in [-0.2, 0) is 16.6 Å². The molecule has 106 valence electrons. The fraction of sp³-hybridized carbons (Fsp3) is 0.154. The number of halogens is 1. The van der Waals surface area contributed by atoms with Crippen LogP contribution in [0.15, 0.2) is 46.2 Å². The van der Waals surface area contributed by atoms with Gasteiger partial charge < -0.3 is 4.98 Å². The van der Waals surface area contributed by atoms with E-state index >= 15 is 0 Å². The molecule has 0 saturated carbocycles. The molecule has 0 unspecified atom stereocenters. The van der Waals surface area contributed by atoms with E-state index in [1.54, 1.807) is 0 Å². The Morgan fingerprint density at radius 1 is 1.30 bits per heavy atom. The summed E-state index contributed by atoms with van der Waals surface area (Å²) >= 11 is 5.62. The molecule has 0 fully saturated rings.